The van der Waals surface area contributed by atoms with Gasteiger partial charge in [0.2, 0.25) is 0 Å². The van der Waals surface area contributed by atoms with Crippen LogP contribution >= 0.6 is 11.6 Å². The number of halogens is 1. The highest BCUT2D eigenvalue weighted by molar-refractivity contribution is 7.93. The quantitative estimate of drug-likeness (QED) is 0.827. The monoisotopic (exact) mass is 404 g/mol. The van der Waals surface area contributed by atoms with E-state index < -0.39 is 10.0 Å². The molecule has 5 nitrogen and oxygen atoms in total. The minimum Gasteiger partial charge on any atom is -0.349 e. The first-order chi connectivity index (χ1) is 12.9. The van der Waals surface area contributed by atoms with Crippen LogP contribution in [-0.2, 0) is 16.4 Å². The number of carbonyl (C=O) groups is 1. The highest BCUT2D eigenvalue weighted by Crippen LogP contribution is 2.35. The first kappa shape index (κ1) is 18.3. The van der Waals surface area contributed by atoms with E-state index in [-0.39, 0.29) is 21.9 Å². The largest absolute Gasteiger partial charge is 0.349 e. The Kier molecular flexibility index (Phi) is 4.64. The number of benzene rings is 2. The normalized spacial score (nSPS) is 17.5. The van der Waals surface area contributed by atoms with Crippen LogP contribution in [0.3, 0.4) is 0 Å². The summed E-state index contributed by atoms with van der Waals surface area (Å²) >= 11 is 6.22. The first-order valence-corrected chi connectivity index (χ1v) is 10.9. The summed E-state index contributed by atoms with van der Waals surface area (Å²) in [4.78, 5) is 12.5. The maximum absolute atomic E-state index is 13.2. The summed E-state index contributed by atoms with van der Waals surface area (Å²) in [6, 6.07) is 11.9. The molecule has 2 aromatic carbocycles. The van der Waals surface area contributed by atoms with Crippen molar-refractivity contribution in [2.75, 3.05) is 10.8 Å². The van der Waals surface area contributed by atoms with Crippen LogP contribution in [0.25, 0.3) is 0 Å². The van der Waals surface area contributed by atoms with Gasteiger partial charge in [0, 0.05) is 18.2 Å². The van der Waals surface area contributed by atoms with Crippen molar-refractivity contribution < 1.29 is 13.2 Å². The minimum atomic E-state index is -3.85. The molecule has 0 bridgehead atoms. The summed E-state index contributed by atoms with van der Waals surface area (Å²) < 4.78 is 27.9. The molecule has 1 atom stereocenters. The number of nitrogens with zero attached hydrogens (tertiary/aromatic N) is 1. The van der Waals surface area contributed by atoms with Gasteiger partial charge in [-0.1, -0.05) is 29.8 Å². The smallest absolute Gasteiger partial charge is 0.265 e. The summed E-state index contributed by atoms with van der Waals surface area (Å²) in [6.07, 6.45) is 2.90. The lowest BCUT2D eigenvalue weighted by Gasteiger charge is -2.21. The second kappa shape index (κ2) is 6.84. The number of fused-ring (bicyclic) bond motifs is 1. The maximum atomic E-state index is 13.2. The number of hydrogen-bond donors (Lipinski definition) is 1. The van der Waals surface area contributed by atoms with Crippen LogP contribution in [0.15, 0.2) is 47.4 Å². The number of rotatable bonds is 5. The van der Waals surface area contributed by atoms with Crippen molar-refractivity contribution in [3.63, 3.8) is 0 Å². The lowest BCUT2D eigenvalue weighted by molar-refractivity contribution is 0.0935. The van der Waals surface area contributed by atoms with Crippen LogP contribution in [-0.4, -0.2) is 26.9 Å². The Bertz CT molecular complexity index is 1000. The first-order valence-electron chi connectivity index (χ1n) is 9.09. The molecule has 1 saturated carbocycles. The minimum absolute atomic E-state index is 0.0346. The fourth-order valence-corrected chi connectivity index (χ4v) is 5.53. The molecule has 0 spiro atoms. The van der Waals surface area contributed by atoms with Gasteiger partial charge in [0.15, 0.2) is 0 Å². The highest BCUT2D eigenvalue weighted by atomic mass is 35.5. The fraction of sp³-hybridized carbons (Fsp3) is 0.350. The van der Waals surface area contributed by atoms with E-state index in [0.29, 0.717) is 30.1 Å². The Balaban J connectivity index is 1.66. The number of anilines is 1. The Labute approximate surface area is 164 Å². The van der Waals surface area contributed by atoms with Crippen LogP contribution in [0.2, 0.25) is 5.02 Å². The summed E-state index contributed by atoms with van der Waals surface area (Å²) in [5, 5.41) is 3.07. The Morgan fingerprint density at radius 1 is 1.22 bits per heavy atom. The molecule has 4 rings (SSSR count). The van der Waals surface area contributed by atoms with Crippen LogP contribution in [0.4, 0.5) is 5.69 Å². The predicted octanol–water partition coefficient (Wildman–Crippen LogP) is 3.62. The van der Waals surface area contributed by atoms with Gasteiger partial charge in [-0.2, -0.15) is 0 Å². The van der Waals surface area contributed by atoms with Gasteiger partial charge in [0.25, 0.3) is 15.9 Å². The number of para-hydroxylation sites is 1. The van der Waals surface area contributed by atoms with E-state index in [1.165, 1.54) is 16.4 Å². The van der Waals surface area contributed by atoms with Crippen molar-refractivity contribution >= 4 is 33.2 Å². The van der Waals surface area contributed by atoms with Crippen LogP contribution < -0.4 is 9.62 Å². The molecular formula is C20H21ClN2O3S. The summed E-state index contributed by atoms with van der Waals surface area (Å²) in [6.45, 7) is 2.34. The topological polar surface area (TPSA) is 66.5 Å². The van der Waals surface area contributed by atoms with E-state index in [1.807, 2.05) is 25.1 Å². The fourth-order valence-electron chi connectivity index (χ4n) is 3.52. The average Bonchev–Trinajstić information content (AvgIpc) is 3.40. The predicted molar refractivity (Wildman–Crippen MR) is 106 cm³/mol. The van der Waals surface area contributed by atoms with Gasteiger partial charge in [0.1, 0.15) is 4.90 Å². The Morgan fingerprint density at radius 3 is 2.70 bits per heavy atom. The molecule has 2 aromatic rings. The lowest BCUT2D eigenvalue weighted by atomic mass is 10.1. The van der Waals surface area contributed by atoms with Gasteiger partial charge >= 0.3 is 0 Å². The van der Waals surface area contributed by atoms with E-state index in [0.717, 1.165) is 18.4 Å². The van der Waals surface area contributed by atoms with Crippen molar-refractivity contribution in [1.82, 2.24) is 5.32 Å². The van der Waals surface area contributed by atoms with Gasteiger partial charge < -0.3 is 5.32 Å². The standard InChI is InChI=1S/C20H21ClN2O3S/c1-13(14-6-7-14)22-20(24)16-8-9-17(21)19(12-16)27(25,26)23-11-10-15-4-2-3-5-18(15)23/h2-5,8-9,12-14H,6-7,10-11H2,1H3,(H,22,24)/t13-/m0/s1. The van der Waals surface area contributed by atoms with Gasteiger partial charge in [-0.3, -0.25) is 9.10 Å². The highest BCUT2D eigenvalue weighted by Gasteiger charge is 2.33. The van der Waals surface area contributed by atoms with Gasteiger partial charge in [0.05, 0.1) is 10.7 Å². The molecule has 0 saturated heterocycles. The molecule has 1 aliphatic carbocycles. The molecule has 7 heteroatoms. The number of amides is 1. The van der Waals surface area contributed by atoms with Crippen LogP contribution in [0, 0.1) is 5.92 Å². The molecule has 0 unspecified atom stereocenters. The molecule has 1 N–H and O–H groups in total. The third-order valence-electron chi connectivity index (χ3n) is 5.29. The molecular weight excluding hydrogens is 384 g/mol. The van der Waals surface area contributed by atoms with Crippen molar-refractivity contribution in [2.24, 2.45) is 5.92 Å². The molecule has 2 aliphatic rings. The molecule has 0 radical (unpaired) electrons. The summed E-state index contributed by atoms with van der Waals surface area (Å²) in [5.74, 6) is 0.245. The zero-order valence-electron chi connectivity index (χ0n) is 15.0. The van der Waals surface area contributed by atoms with Crippen LogP contribution in [0.5, 0.6) is 0 Å². The Morgan fingerprint density at radius 2 is 1.96 bits per heavy atom. The lowest BCUT2D eigenvalue weighted by Crippen LogP contribution is -2.34. The van der Waals surface area contributed by atoms with Gasteiger partial charge in [-0.15, -0.1) is 0 Å². The maximum Gasteiger partial charge on any atom is 0.265 e. The van der Waals surface area contributed by atoms with E-state index in [1.54, 1.807) is 12.1 Å². The van der Waals surface area contributed by atoms with Crippen molar-refractivity contribution in [3.8, 4) is 0 Å². The number of sulfonamides is 1. The summed E-state index contributed by atoms with van der Waals surface area (Å²) in [7, 11) is -3.85. The van der Waals surface area contributed by atoms with E-state index >= 15 is 0 Å². The summed E-state index contributed by atoms with van der Waals surface area (Å²) in [5.41, 5.74) is 1.97. The zero-order chi connectivity index (χ0) is 19.2. The zero-order valence-corrected chi connectivity index (χ0v) is 16.6. The van der Waals surface area contributed by atoms with Crippen LogP contribution in [0.1, 0.15) is 35.7 Å². The number of nitrogens with one attached hydrogen (secondary N) is 1. The van der Waals surface area contributed by atoms with Crippen molar-refractivity contribution in [1.29, 1.82) is 0 Å². The molecule has 1 fully saturated rings. The SMILES string of the molecule is C[C@H](NC(=O)c1ccc(Cl)c(S(=O)(=O)N2CCc3ccccc32)c1)C1CC1. The van der Waals surface area contributed by atoms with Crippen molar-refractivity contribution in [2.45, 2.75) is 37.1 Å². The van der Waals surface area contributed by atoms with E-state index in [2.05, 4.69) is 5.32 Å². The second-order valence-electron chi connectivity index (χ2n) is 7.20. The average molecular weight is 405 g/mol. The Hall–Kier alpha value is -2.05. The van der Waals surface area contributed by atoms with E-state index in [4.69, 9.17) is 11.6 Å². The second-order valence-corrected chi connectivity index (χ2v) is 9.44. The molecule has 27 heavy (non-hydrogen) atoms. The third kappa shape index (κ3) is 3.44. The number of hydrogen-bond acceptors (Lipinski definition) is 3. The van der Waals surface area contributed by atoms with E-state index in [9.17, 15) is 13.2 Å². The molecule has 1 heterocycles. The molecule has 1 aliphatic heterocycles. The van der Waals surface area contributed by atoms with Gasteiger partial charge in [-0.25, -0.2) is 8.42 Å². The third-order valence-corrected chi connectivity index (χ3v) is 7.59. The molecule has 1 amide bonds. The van der Waals surface area contributed by atoms with Gasteiger partial charge in [-0.05, 0) is 61.9 Å². The van der Waals surface area contributed by atoms with Crippen molar-refractivity contribution in [3.05, 3.63) is 58.6 Å². The number of carbonyl (C=O) groups excluding carboxylic acids is 1. The molecule has 0 aromatic heterocycles. The molecule has 142 valence electrons.